The van der Waals surface area contributed by atoms with Crippen LogP contribution in [0.2, 0.25) is 0 Å². The Morgan fingerprint density at radius 1 is 0.967 bits per heavy atom. The van der Waals surface area contributed by atoms with E-state index in [1.54, 1.807) is 24.3 Å². The van der Waals surface area contributed by atoms with E-state index in [4.69, 9.17) is 0 Å². The minimum Gasteiger partial charge on any atom is -0.345 e. The van der Waals surface area contributed by atoms with Crippen molar-refractivity contribution in [2.45, 2.75) is 51.0 Å². The number of amides is 1. The third-order valence-electron chi connectivity index (χ3n) is 6.32. The van der Waals surface area contributed by atoms with Gasteiger partial charge in [-0.15, -0.1) is 0 Å². The van der Waals surface area contributed by atoms with Crippen LogP contribution < -0.4 is 9.62 Å². The number of anilines is 1. The van der Waals surface area contributed by atoms with Gasteiger partial charge in [0.05, 0.1) is 17.5 Å². The number of hydrogen-bond acceptors (Lipinski definition) is 3. The lowest BCUT2D eigenvalue weighted by Crippen LogP contribution is -2.30. The zero-order valence-electron chi connectivity index (χ0n) is 17.3. The lowest BCUT2D eigenvalue weighted by molar-refractivity contribution is 0.0928. The predicted molar refractivity (Wildman–Crippen MR) is 120 cm³/mol. The SMILES string of the molecule is O=C(NC(CC1CCCCC1)c1ccccc1)c1ccc(N2CCCS2(=O)=O)cc1. The summed E-state index contributed by atoms with van der Waals surface area (Å²) in [7, 11) is -3.21. The zero-order valence-corrected chi connectivity index (χ0v) is 18.1. The molecule has 1 unspecified atom stereocenters. The molecule has 4 rings (SSSR count). The first kappa shape index (κ1) is 20.9. The molecule has 2 aliphatic rings. The molecule has 1 saturated carbocycles. The highest BCUT2D eigenvalue weighted by Crippen LogP contribution is 2.32. The molecule has 1 saturated heterocycles. The minimum atomic E-state index is -3.21. The largest absolute Gasteiger partial charge is 0.345 e. The summed E-state index contributed by atoms with van der Waals surface area (Å²) in [5, 5.41) is 3.23. The summed E-state index contributed by atoms with van der Waals surface area (Å²) in [4.78, 5) is 13.0. The van der Waals surface area contributed by atoms with Gasteiger partial charge in [0.1, 0.15) is 0 Å². The molecule has 6 heteroatoms. The van der Waals surface area contributed by atoms with Crippen molar-refractivity contribution < 1.29 is 13.2 Å². The number of nitrogens with zero attached hydrogens (tertiary/aromatic N) is 1. The molecular formula is C24H30N2O3S. The smallest absolute Gasteiger partial charge is 0.251 e. The summed E-state index contributed by atoms with van der Waals surface area (Å²) in [6.07, 6.45) is 7.95. The van der Waals surface area contributed by atoms with Crippen LogP contribution in [0.25, 0.3) is 0 Å². The van der Waals surface area contributed by atoms with Crippen LogP contribution in [0, 0.1) is 5.92 Å². The molecule has 1 aliphatic heterocycles. The van der Waals surface area contributed by atoms with Gasteiger partial charge in [0, 0.05) is 12.1 Å². The first-order valence-electron chi connectivity index (χ1n) is 11.0. The molecule has 1 heterocycles. The normalized spacial score (nSPS) is 20.1. The highest BCUT2D eigenvalue weighted by Gasteiger charge is 2.28. The second-order valence-electron chi connectivity index (χ2n) is 8.47. The fourth-order valence-corrected chi connectivity index (χ4v) is 6.23. The fraction of sp³-hybridized carbons (Fsp3) is 0.458. The van der Waals surface area contributed by atoms with E-state index in [1.165, 1.54) is 36.4 Å². The van der Waals surface area contributed by atoms with Gasteiger partial charge in [0.25, 0.3) is 5.91 Å². The number of carbonyl (C=O) groups excluding carboxylic acids is 1. The van der Waals surface area contributed by atoms with Crippen LogP contribution in [0.5, 0.6) is 0 Å². The third-order valence-corrected chi connectivity index (χ3v) is 8.19. The van der Waals surface area contributed by atoms with E-state index in [0.29, 0.717) is 30.1 Å². The molecule has 2 fully saturated rings. The summed E-state index contributed by atoms with van der Waals surface area (Å²) in [5.74, 6) is 0.720. The summed E-state index contributed by atoms with van der Waals surface area (Å²) >= 11 is 0. The van der Waals surface area contributed by atoms with Crippen LogP contribution in [0.4, 0.5) is 5.69 Å². The van der Waals surface area contributed by atoms with Crippen molar-refractivity contribution in [3.63, 3.8) is 0 Å². The van der Waals surface area contributed by atoms with E-state index in [0.717, 1.165) is 12.0 Å². The van der Waals surface area contributed by atoms with Crippen LogP contribution in [0.1, 0.15) is 66.9 Å². The molecule has 1 aliphatic carbocycles. The van der Waals surface area contributed by atoms with Gasteiger partial charge < -0.3 is 5.32 Å². The lowest BCUT2D eigenvalue weighted by Gasteiger charge is -2.27. The van der Waals surface area contributed by atoms with Crippen molar-refractivity contribution in [3.05, 3.63) is 65.7 Å². The molecule has 0 spiro atoms. The second kappa shape index (κ2) is 9.21. The third kappa shape index (κ3) is 4.86. The van der Waals surface area contributed by atoms with E-state index in [9.17, 15) is 13.2 Å². The van der Waals surface area contributed by atoms with E-state index in [1.807, 2.05) is 18.2 Å². The molecule has 1 N–H and O–H groups in total. The van der Waals surface area contributed by atoms with Gasteiger partial charge in [-0.1, -0.05) is 62.4 Å². The first-order valence-corrected chi connectivity index (χ1v) is 12.6. The topological polar surface area (TPSA) is 66.5 Å². The molecular weight excluding hydrogens is 396 g/mol. The van der Waals surface area contributed by atoms with Crippen LogP contribution in [-0.2, 0) is 10.0 Å². The Balaban J connectivity index is 1.47. The number of carbonyl (C=O) groups is 1. The number of sulfonamides is 1. The number of benzene rings is 2. The molecule has 1 atom stereocenters. The average molecular weight is 427 g/mol. The molecule has 1 amide bonds. The standard InChI is InChI=1S/C24H30N2O3S/c27-24(21-12-14-22(15-13-21)26-16-7-17-30(26,28)29)25-23(20-10-5-2-6-11-20)18-19-8-3-1-4-9-19/h2,5-6,10-15,19,23H,1,3-4,7-9,16-18H2,(H,25,27). The van der Waals surface area contributed by atoms with Gasteiger partial charge in [-0.25, -0.2) is 8.42 Å². The molecule has 5 nitrogen and oxygen atoms in total. The monoisotopic (exact) mass is 426 g/mol. The van der Waals surface area contributed by atoms with E-state index >= 15 is 0 Å². The van der Waals surface area contributed by atoms with Crippen molar-refractivity contribution in [3.8, 4) is 0 Å². The molecule has 160 valence electrons. The van der Waals surface area contributed by atoms with Crippen molar-refractivity contribution in [1.82, 2.24) is 5.32 Å². The Morgan fingerprint density at radius 3 is 2.30 bits per heavy atom. The Morgan fingerprint density at radius 2 is 1.67 bits per heavy atom. The molecule has 0 bridgehead atoms. The van der Waals surface area contributed by atoms with E-state index < -0.39 is 10.0 Å². The van der Waals surface area contributed by atoms with Crippen LogP contribution in [-0.4, -0.2) is 26.6 Å². The maximum atomic E-state index is 13.0. The lowest BCUT2D eigenvalue weighted by atomic mass is 9.83. The second-order valence-corrected chi connectivity index (χ2v) is 10.5. The fourth-order valence-electron chi connectivity index (χ4n) is 4.67. The number of hydrogen-bond donors (Lipinski definition) is 1. The average Bonchev–Trinajstić information content (AvgIpc) is 3.13. The van der Waals surface area contributed by atoms with Crippen molar-refractivity contribution in [1.29, 1.82) is 0 Å². The number of nitrogens with one attached hydrogen (secondary N) is 1. The zero-order chi connectivity index (χ0) is 21.0. The minimum absolute atomic E-state index is 0.0135. The summed E-state index contributed by atoms with van der Waals surface area (Å²) in [5.41, 5.74) is 2.32. The highest BCUT2D eigenvalue weighted by atomic mass is 32.2. The summed E-state index contributed by atoms with van der Waals surface area (Å²) in [6, 6.07) is 17.1. The van der Waals surface area contributed by atoms with Crippen molar-refractivity contribution >= 4 is 21.6 Å². The van der Waals surface area contributed by atoms with Gasteiger partial charge >= 0.3 is 0 Å². The Labute approximate surface area is 179 Å². The Hall–Kier alpha value is -2.34. The van der Waals surface area contributed by atoms with Gasteiger partial charge in [-0.3, -0.25) is 9.10 Å². The molecule has 2 aromatic carbocycles. The van der Waals surface area contributed by atoms with E-state index in [-0.39, 0.29) is 17.7 Å². The van der Waals surface area contributed by atoms with Gasteiger partial charge in [0.2, 0.25) is 10.0 Å². The molecule has 30 heavy (non-hydrogen) atoms. The highest BCUT2D eigenvalue weighted by molar-refractivity contribution is 7.93. The van der Waals surface area contributed by atoms with Crippen LogP contribution in [0.3, 0.4) is 0 Å². The summed E-state index contributed by atoms with van der Waals surface area (Å²) < 4.78 is 25.7. The van der Waals surface area contributed by atoms with Gasteiger partial charge in [-0.05, 0) is 48.6 Å². The van der Waals surface area contributed by atoms with Gasteiger partial charge in [0.15, 0.2) is 0 Å². The summed E-state index contributed by atoms with van der Waals surface area (Å²) in [6.45, 7) is 0.505. The van der Waals surface area contributed by atoms with E-state index in [2.05, 4.69) is 17.4 Å². The first-order chi connectivity index (χ1) is 14.5. The number of rotatable bonds is 6. The van der Waals surface area contributed by atoms with Crippen molar-refractivity contribution in [2.24, 2.45) is 5.92 Å². The maximum Gasteiger partial charge on any atom is 0.251 e. The molecule has 0 radical (unpaired) electrons. The predicted octanol–water partition coefficient (Wildman–Crippen LogP) is 4.67. The molecule has 2 aromatic rings. The maximum absolute atomic E-state index is 13.0. The van der Waals surface area contributed by atoms with Crippen molar-refractivity contribution in [2.75, 3.05) is 16.6 Å². The van der Waals surface area contributed by atoms with Crippen LogP contribution >= 0.6 is 0 Å². The quantitative estimate of drug-likeness (QED) is 0.730. The Bertz CT molecular complexity index is 952. The van der Waals surface area contributed by atoms with Crippen LogP contribution in [0.15, 0.2) is 54.6 Å². The van der Waals surface area contributed by atoms with Gasteiger partial charge in [-0.2, -0.15) is 0 Å². The Kier molecular flexibility index (Phi) is 6.42. The molecule has 0 aromatic heterocycles.